The molecule has 0 spiro atoms. The second-order valence-electron chi connectivity index (χ2n) is 4.99. The molecule has 0 aromatic heterocycles. The average molecular weight is 298 g/mol. The summed E-state index contributed by atoms with van der Waals surface area (Å²) in [6.07, 6.45) is 2.33. The summed E-state index contributed by atoms with van der Waals surface area (Å²) >= 11 is 6.12. The van der Waals surface area contributed by atoms with E-state index in [9.17, 15) is 4.79 Å². The third kappa shape index (κ3) is 4.39. The fraction of sp³-hybridized carbons (Fsp3) is 0.533. The van der Waals surface area contributed by atoms with E-state index in [1.807, 2.05) is 12.1 Å². The Kier molecular flexibility index (Phi) is 5.68. The van der Waals surface area contributed by atoms with Crippen LogP contribution in [0.4, 0.5) is 0 Å². The van der Waals surface area contributed by atoms with E-state index in [1.165, 1.54) is 0 Å². The lowest BCUT2D eigenvalue weighted by Crippen LogP contribution is -2.33. The van der Waals surface area contributed by atoms with Crippen molar-refractivity contribution >= 4 is 17.5 Å². The molecule has 0 unspecified atom stereocenters. The Morgan fingerprint density at radius 1 is 1.45 bits per heavy atom. The Hall–Kier alpha value is -1.26. The van der Waals surface area contributed by atoms with E-state index < -0.39 is 0 Å². The fourth-order valence-electron chi connectivity index (χ4n) is 2.24. The van der Waals surface area contributed by atoms with Crippen LogP contribution in [-0.2, 0) is 16.0 Å². The van der Waals surface area contributed by atoms with Crippen LogP contribution < -0.4 is 10.1 Å². The molecule has 0 bridgehead atoms. The van der Waals surface area contributed by atoms with E-state index in [0.29, 0.717) is 23.1 Å². The van der Waals surface area contributed by atoms with Crippen molar-refractivity contribution in [2.45, 2.75) is 19.3 Å². The van der Waals surface area contributed by atoms with E-state index in [2.05, 4.69) is 5.32 Å². The molecule has 5 heteroatoms. The van der Waals surface area contributed by atoms with Gasteiger partial charge in [-0.2, -0.15) is 0 Å². The van der Waals surface area contributed by atoms with Crippen LogP contribution in [0.2, 0.25) is 5.02 Å². The first-order valence-corrected chi connectivity index (χ1v) is 7.23. The highest BCUT2D eigenvalue weighted by atomic mass is 35.5. The summed E-state index contributed by atoms with van der Waals surface area (Å²) in [6.45, 7) is 2.31. The number of rotatable bonds is 5. The standard InChI is InChI=1S/C15H20ClNO3/c1-19-13-3-2-12(14(16)9-13)8-15(18)17-10-11-4-6-20-7-5-11/h2-3,9,11H,4-8,10H2,1H3,(H,17,18). The predicted octanol–water partition coefficient (Wildman–Crippen LogP) is 2.43. The number of benzene rings is 1. The van der Waals surface area contributed by atoms with E-state index in [4.69, 9.17) is 21.1 Å². The number of carbonyl (C=O) groups excluding carboxylic acids is 1. The zero-order valence-electron chi connectivity index (χ0n) is 11.7. The molecule has 1 aromatic rings. The largest absolute Gasteiger partial charge is 0.497 e. The lowest BCUT2D eigenvalue weighted by Gasteiger charge is -2.22. The zero-order valence-corrected chi connectivity index (χ0v) is 12.4. The molecule has 1 aliphatic heterocycles. The molecule has 1 aliphatic rings. The van der Waals surface area contributed by atoms with Crippen molar-refractivity contribution in [3.05, 3.63) is 28.8 Å². The van der Waals surface area contributed by atoms with Crippen molar-refractivity contribution < 1.29 is 14.3 Å². The monoisotopic (exact) mass is 297 g/mol. The van der Waals surface area contributed by atoms with Gasteiger partial charge in [0.25, 0.3) is 0 Å². The summed E-state index contributed by atoms with van der Waals surface area (Å²) in [4.78, 5) is 11.9. The smallest absolute Gasteiger partial charge is 0.224 e. The number of amides is 1. The molecule has 110 valence electrons. The van der Waals surface area contributed by atoms with Crippen molar-refractivity contribution in [1.82, 2.24) is 5.32 Å². The minimum atomic E-state index is 0.00330. The molecule has 0 atom stereocenters. The van der Waals surface area contributed by atoms with Gasteiger partial charge in [-0.05, 0) is 36.5 Å². The molecule has 0 aliphatic carbocycles. The topological polar surface area (TPSA) is 47.6 Å². The molecule has 1 heterocycles. The maximum absolute atomic E-state index is 11.9. The molecule has 0 saturated carbocycles. The third-order valence-electron chi connectivity index (χ3n) is 3.54. The SMILES string of the molecule is COc1ccc(CC(=O)NCC2CCOCC2)c(Cl)c1. The molecule has 20 heavy (non-hydrogen) atoms. The number of methoxy groups -OCH3 is 1. The lowest BCUT2D eigenvalue weighted by molar-refractivity contribution is -0.120. The number of nitrogens with one attached hydrogen (secondary N) is 1. The summed E-state index contributed by atoms with van der Waals surface area (Å²) in [5.74, 6) is 1.23. The average Bonchev–Trinajstić information content (AvgIpc) is 2.48. The van der Waals surface area contributed by atoms with Gasteiger partial charge in [0.05, 0.1) is 13.5 Å². The second-order valence-corrected chi connectivity index (χ2v) is 5.40. The summed E-state index contributed by atoms with van der Waals surface area (Å²) < 4.78 is 10.4. The van der Waals surface area contributed by atoms with Gasteiger partial charge >= 0.3 is 0 Å². The molecular formula is C15H20ClNO3. The Bertz CT molecular complexity index is 458. The summed E-state index contributed by atoms with van der Waals surface area (Å²) in [6, 6.07) is 5.37. The molecule has 1 fully saturated rings. The van der Waals surface area contributed by atoms with Gasteiger partial charge in [0.2, 0.25) is 5.91 Å². The van der Waals surface area contributed by atoms with Gasteiger partial charge in [0.15, 0.2) is 0 Å². The molecule has 4 nitrogen and oxygen atoms in total. The molecule has 0 radical (unpaired) electrons. The molecule has 1 amide bonds. The summed E-state index contributed by atoms with van der Waals surface area (Å²) in [5, 5.41) is 3.53. The highest BCUT2D eigenvalue weighted by Crippen LogP contribution is 2.22. The maximum Gasteiger partial charge on any atom is 0.224 e. The Morgan fingerprint density at radius 3 is 2.85 bits per heavy atom. The highest BCUT2D eigenvalue weighted by molar-refractivity contribution is 6.31. The molecular weight excluding hydrogens is 278 g/mol. The number of carbonyl (C=O) groups is 1. The lowest BCUT2D eigenvalue weighted by atomic mass is 10.0. The molecule has 1 saturated heterocycles. The van der Waals surface area contributed by atoms with Crippen LogP contribution in [0, 0.1) is 5.92 Å². The Morgan fingerprint density at radius 2 is 2.20 bits per heavy atom. The number of hydrogen-bond acceptors (Lipinski definition) is 3. The van der Waals surface area contributed by atoms with Crippen LogP contribution in [0.3, 0.4) is 0 Å². The van der Waals surface area contributed by atoms with E-state index in [-0.39, 0.29) is 5.91 Å². The molecule has 1 N–H and O–H groups in total. The van der Waals surface area contributed by atoms with E-state index in [1.54, 1.807) is 13.2 Å². The van der Waals surface area contributed by atoms with Crippen molar-refractivity contribution in [2.24, 2.45) is 5.92 Å². The summed E-state index contributed by atoms with van der Waals surface area (Å²) in [7, 11) is 1.59. The first kappa shape index (κ1) is 15.1. The van der Waals surface area contributed by atoms with Crippen LogP contribution in [0.1, 0.15) is 18.4 Å². The predicted molar refractivity (Wildman–Crippen MR) is 78.3 cm³/mol. The van der Waals surface area contributed by atoms with Gasteiger partial charge in [-0.25, -0.2) is 0 Å². The minimum Gasteiger partial charge on any atom is -0.497 e. The summed E-state index contributed by atoms with van der Waals surface area (Å²) in [5.41, 5.74) is 0.817. The van der Waals surface area contributed by atoms with Gasteiger partial charge in [-0.1, -0.05) is 17.7 Å². The van der Waals surface area contributed by atoms with Crippen LogP contribution >= 0.6 is 11.6 Å². The number of halogens is 1. The third-order valence-corrected chi connectivity index (χ3v) is 3.89. The number of hydrogen-bond donors (Lipinski definition) is 1. The number of ether oxygens (including phenoxy) is 2. The van der Waals surface area contributed by atoms with Crippen molar-refractivity contribution in [2.75, 3.05) is 26.9 Å². The quantitative estimate of drug-likeness (QED) is 0.908. The van der Waals surface area contributed by atoms with Gasteiger partial charge in [-0.3, -0.25) is 4.79 Å². The maximum atomic E-state index is 11.9. The Labute approximate surface area is 124 Å². The highest BCUT2D eigenvalue weighted by Gasteiger charge is 2.15. The van der Waals surface area contributed by atoms with Crippen LogP contribution in [0.5, 0.6) is 5.75 Å². The zero-order chi connectivity index (χ0) is 14.4. The van der Waals surface area contributed by atoms with Gasteiger partial charge in [-0.15, -0.1) is 0 Å². The first-order valence-electron chi connectivity index (χ1n) is 6.86. The normalized spacial score (nSPS) is 15.9. The fourth-order valence-corrected chi connectivity index (χ4v) is 2.48. The van der Waals surface area contributed by atoms with Crippen molar-refractivity contribution in [3.63, 3.8) is 0 Å². The van der Waals surface area contributed by atoms with Crippen LogP contribution in [0.15, 0.2) is 18.2 Å². The molecule has 1 aromatic carbocycles. The van der Waals surface area contributed by atoms with Crippen LogP contribution in [-0.4, -0.2) is 32.8 Å². The van der Waals surface area contributed by atoms with Crippen molar-refractivity contribution in [3.8, 4) is 5.75 Å². The van der Waals surface area contributed by atoms with E-state index in [0.717, 1.165) is 38.2 Å². The van der Waals surface area contributed by atoms with E-state index >= 15 is 0 Å². The molecule has 2 rings (SSSR count). The van der Waals surface area contributed by atoms with Crippen LogP contribution in [0.25, 0.3) is 0 Å². The van der Waals surface area contributed by atoms with Gasteiger partial charge < -0.3 is 14.8 Å². The Balaban J connectivity index is 1.81. The second kappa shape index (κ2) is 7.50. The minimum absolute atomic E-state index is 0.00330. The van der Waals surface area contributed by atoms with Gasteiger partial charge in [0, 0.05) is 24.8 Å². The first-order chi connectivity index (χ1) is 9.69. The van der Waals surface area contributed by atoms with Gasteiger partial charge in [0.1, 0.15) is 5.75 Å². The van der Waals surface area contributed by atoms with Crippen molar-refractivity contribution in [1.29, 1.82) is 0 Å².